The lowest BCUT2D eigenvalue weighted by Crippen LogP contribution is -2.42. The van der Waals surface area contributed by atoms with E-state index in [2.05, 4.69) is 22.3 Å². The Kier molecular flexibility index (Phi) is 3.73. The monoisotopic (exact) mass is 238 g/mol. The van der Waals surface area contributed by atoms with Crippen LogP contribution in [0.3, 0.4) is 0 Å². The predicted molar refractivity (Wildman–Crippen MR) is 61.5 cm³/mol. The zero-order valence-corrected chi connectivity index (χ0v) is 10.2. The van der Waals surface area contributed by atoms with Crippen molar-refractivity contribution in [3.63, 3.8) is 0 Å². The van der Waals surface area contributed by atoms with E-state index in [1.165, 1.54) is 19.0 Å². The first-order chi connectivity index (χ1) is 8.24. The van der Waals surface area contributed by atoms with Crippen molar-refractivity contribution in [1.29, 1.82) is 0 Å². The molecule has 17 heavy (non-hydrogen) atoms. The highest BCUT2D eigenvalue weighted by Gasteiger charge is 2.34. The number of H-pyrrole nitrogens is 1. The van der Waals surface area contributed by atoms with Crippen LogP contribution < -0.4 is 0 Å². The molecule has 1 fully saturated rings. The third-order valence-electron chi connectivity index (χ3n) is 3.23. The molecule has 1 aliphatic rings. The second-order valence-corrected chi connectivity index (χ2v) is 4.42. The Morgan fingerprint density at radius 3 is 3.00 bits per heavy atom. The van der Waals surface area contributed by atoms with E-state index in [-0.39, 0.29) is 11.9 Å². The van der Waals surface area contributed by atoms with Crippen molar-refractivity contribution >= 4 is 5.91 Å². The molecule has 94 valence electrons. The normalized spacial score (nSPS) is 16.8. The molecule has 1 heterocycles. The summed E-state index contributed by atoms with van der Waals surface area (Å²) in [6.45, 7) is 3.23. The van der Waals surface area contributed by atoms with E-state index in [0.29, 0.717) is 24.8 Å². The third kappa shape index (κ3) is 2.82. The zero-order valence-electron chi connectivity index (χ0n) is 10.2. The van der Waals surface area contributed by atoms with E-state index < -0.39 is 0 Å². The minimum absolute atomic E-state index is 0.0739. The number of amides is 1. The molecule has 0 spiro atoms. The molecule has 1 aromatic heterocycles. The van der Waals surface area contributed by atoms with E-state index in [1.807, 2.05) is 4.90 Å². The molecule has 1 aliphatic carbocycles. The van der Waals surface area contributed by atoms with Gasteiger partial charge in [0.15, 0.2) is 5.69 Å². The summed E-state index contributed by atoms with van der Waals surface area (Å²) in [5, 5.41) is 9.98. The van der Waals surface area contributed by atoms with Crippen LogP contribution in [0.15, 0.2) is 6.20 Å². The second-order valence-electron chi connectivity index (χ2n) is 4.42. The van der Waals surface area contributed by atoms with Crippen molar-refractivity contribution < 1.29 is 9.53 Å². The average Bonchev–Trinajstić information content (AvgIpc) is 3.04. The largest absolute Gasteiger partial charge is 0.383 e. The highest BCUT2D eigenvalue weighted by molar-refractivity contribution is 5.92. The molecular weight excluding hydrogens is 220 g/mol. The summed E-state index contributed by atoms with van der Waals surface area (Å²) in [7, 11) is 1.64. The molecule has 0 aliphatic heterocycles. The molecule has 1 saturated carbocycles. The molecule has 6 heteroatoms. The second kappa shape index (κ2) is 5.27. The van der Waals surface area contributed by atoms with E-state index in [9.17, 15) is 4.79 Å². The van der Waals surface area contributed by atoms with Crippen LogP contribution in [-0.4, -0.2) is 52.5 Å². The minimum Gasteiger partial charge on any atom is -0.383 e. The van der Waals surface area contributed by atoms with Crippen LogP contribution in [0.2, 0.25) is 0 Å². The molecule has 0 saturated heterocycles. The van der Waals surface area contributed by atoms with Crippen molar-refractivity contribution in [2.24, 2.45) is 5.92 Å². The van der Waals surface area contributed by atoms with Gasteiger partial charge in [-0.15, -0.1) is 0 Å². The number of nitrogens with one attached hydrogen (secondary N) is 1. The van der Waals surface area contributed by atoms with Gasteiger partial charge in [0.05, 0.1) is 12.8 Å². The topological polar surface area (TPSA) is 71.1 Å². The van der Waals surface area contributed by atoms with Crippen molar-refractivity contribution in [3.8, 4) is 0 Å². The van der Waals surface area contributed by atoms with Gasteiger partial charge in [-0.2, -0.15) is 15.4 Å². The maximum absolute atomic E-state index is 12.2. The molecule has 1 aromatic rings. The van der Waals surface area contributed by atoms with E-state index in [0.717, 1.165) is 0 Å². The van der Waals surface area contributed by atoms with Crippen LogP contribution >= 0.6 is 0 Å². The SMILES string of the molecule is COCCN(C(=O)c1cn[nH]n1)C(C)C1CC1. The van der Waals surface area contributed by atoms with Crippen LogP contribution in [0.25, 0.3) is 0 Å². The number of ether oxygens (including phenoxy) is 1. The third-order valence-corrected chi connectivity index (χ3v) is 3.23. The van der Waals surface area contributed by atoms with Crippen LogP contribution in [0.1, 0.15) is 30.3 Å². The fraction of sp³-hybridized carbons (Fsp3) is 0.727. The molecule has 0 radical (unpaired) electrons. The lowest BCUT2D eigenvalue weighted by atomic mass is 10.1. The summed E-state index contributed by atoms with van der Waals surface area (Å²) >= 11 is 0. The van der Waals surface area contributed by atoms with Crippen molar-refractivity contribution in [2.45, 2.75) is 25.8 Å². The Morgan fingerprint density at radius 2 is 2.47 bits per heavy atom. The van der Waals surface area contributed by atoms with Crippen LogP contribution in [0, 0.1) is 5.92 Å². The predicted octanol–water partition coefficient (Wildman–Crippen LogP) is 0.692. The lowest BCUT2D eigenvalue weighted by Gasteiger charge is -2.28. The van der Waals surface area contributed by atoms with Crippen LogP contribution in [0.4, 0.5) is 0 Å². The number of nitrogens with zero attached hydrogens (tertiary/aromatic N) is 3. The number of hydrogen-bond acceptors (Lipinski definition) is 4. The van der Waals surface area contributed by atoms with Gasteiger partial charge in [-0.1, -0.05) is 0 Å². The molecule has 1 amide bonds. The first-order valence-electron chi connectivity index (χ1n) is 5.89. The molecule has 0 bridgehead atoms. The fourth-order valence-electron chi connectivity index (χ4n) is 1.96. The van der Waals surface area contributed by atoms with Gasteiger partial charge in [0, 0.05) is 19.7 Å². The Labute approximate surface area is 100 Å². The van der Waals surface area contributed by atoms with Crippen molar-refractivity contribution in [3.05, 3.63) is 11.9 Å². The van der Waals surface area contributed by atoms with Gasteiger partial charge in [-0.3, -0.25) is 4.79 Å². The number of carbonyl (C=O) groups excluding carboxylic acids is 1. The average molecular weight is 238 g/mol. The molecular formula is C11H18N4O2. The zero-order chi connectivity index (χ0) is 12.3. The maximum Gasteiger partial charge on any atom is 0.276 e. The first-order valence-corrected chi connectivity index (χ1v) is 5.89. The van der Waals surface area contributed by atoms with Gasteiger partial charge in [0.25, 0.3) is 5.91 Å². The smallest absolute Gasteiger partial charge is 0.276 e. The van der Waals surface area contributed by atoms with E-state index in [1.54, 1.807) is 7.11 Å². The lowest BCUT2D eigenvalue weighted by molar-refractivity contribution is 0.0589. The minimum atomic E-state index is -0.0739. The Hall–Kier alpha value is -1.43. The number of aromatic nitrogens is 3. The van der Waals surface area contributed by atoms with Gasteiger partial charge >= 0.3 is 0 Å². The molecule has 1 atom stereocenters. The molecule has 1 N–H and O–H groups in total. The van der Waals surface area contributed by atoms with Gasteiger partial charge < -0.3 is 9.64 Å². The van der Waals surface area contributed by atoms with Crippen molar-refractivity contribution in [1.82, 2.24) is 20.3 Å². The van der Waals surface area contributed by atoms with Crippen molar-refractivity contribution in [2.75, 3.05) is 20.3 Å². The van der Waals surface area contributed by atoms with Gasteiger partial charge in [0.2, 0.25) is 0 Å². The molecule has 1 unspecified atom stereocenters. The highest BCUT2D eigenvalue weighted by Crippen LogP contribution is 2.35. The quantitative estimate of drug-likeness (QED) is 0.791. The Morgan fingerprint density at radius 1 is 1.71 bits per heavy atom. The van der Waals surface area contributed by atoms with Gasteiger partial charge in [-0.05, 0) is 25.7 Å². The number of aromatic amines is 1. The summed E-state index contributed by atoms with van der Waals surface area (Å²) in [4.78, 5) is 14.1. The van der Waals surface area contributed by atoms with Gasteiger partial charge in [0.1, 0.15) is 0 Å². The van der Waals surface area contributed by atoms with Crippen LogP contribution in [-0.2, 0) is 4.74 Å². The summed E-state index contributed by atoms with van der Waals surface area (Å²) in [6, 6.07) is 0.245. The molecule has 6 nitrogen and oxygen atoms in total. The summed E-state index contributed by atoms with van der Waals surface area (Å²) in [5.41, 5.74) is 0.369. The number of carbonyl (C=O) groups is 1. The van der Waals surface area contributed by atoms with Crippen LogP contribution in [0.5, 0.6) is 0 Å². The standard InChI is InChI=1S/C11H18N4O2/c1-8(9-3-4-9)15(5-6-17-2)11(16)10-7-12-14-13-10/h7-9H,3-6H2,1-2H3,(H,12,13,14). The summed E-state index contributed by atoms with van der Waals surface area (Å²) in [5.74, 6) is 0.554. The first kappa shape index (κ1) is 12.0. The number of rotatable bonds is 6. The van der Waals surface area contributed by atoms with E-state index >= 15 is 0 Å². The maximum atomic E-state index is 12.2. The molecule has 0 aromatic carbocycles. The number of hydrogen-bond donors (Lipinski definition) is 1. The fourth-order valence-corrected chi connectivity index (χ4v) is 1.96. The highest BCUT2D eigenvalue weighted by atomic mass is 16.5. The Bertz CT molecular complexity index is 362. The Balaban J connectivity index is 2.05. The molecule has 2 rings (SSSR count). The summed E-state index contributed by atoms with van der Waals surface area (Å²) < 4.78 is 5.05. The van der Waals surface area contributed by atoms with E-state index in [4.69, 9.17) is 4.74 Å². The summed E-state index contributed by atoms with van der Waals surface area (Å²) in [6.07, 6.45) is 3.87. The number of methoxy groups -OCH3 is 1. The van der Waals surface area contributed by atoms with Gasteiger partial charge in [-0.25, -0.2) is 0 Å².